The SMILES string of the molecule is Nc1nccc(N2CCC3(CCC3)CC2)c1N. The van der Waals surface area contributed by atoms with Crippen molar-refractivity contribution in [3.63, 3.8) is 0 Å². The highest BCUT2D eigenvalue weighted by atomic mass is 15.2. The molecule has 1 aliphatic carbocycles. The minimum Gasteiger partial charge on any atom is -0.394 e. The summed E-state index contributed by atoms with van der Waals surface area (Å²) in [5.41, 5.74) is 14.1. The van der Waals surface area contributed by atoms with E-state index in [0.29, 0.717) is 16.9 Å². The van der Waals surface area contributed by atoms with Crippen LogP contribution in [0.5, 0.6) is 0 Å². The summed E-state index contributed by atoms with van der Waals surface area (Å²) < 4.78 is 0. The van der Waals surface area contributed by atoms with Gasteiger partial charge in [0.15, 0.2) is 0 Å². The number of piperidine rings is 1. The van der Waals surface area contributed by atoms with E-state index >= 15 is 0 Å². The summed E-state index contributed by atoms with van der Waals surface area (Å²) in [6, 6.07) is 1.98. The van der Waals surface area contributed by atoms with Crippen LogP contribution in [-0.4, -0.2) is 18.1 Å². The lowest BCUT2D eigenvalue weighted by Gasteiger charge is -2.48. The van der Waals surface area contributed by atoms with Crippen molar-refractivity contribution in [1.29, 1.82) is 0 Å². The Labute approximate surface area is 102 Å². The molecule has 1 spiro atoms. The molecule has 3 rings (SSSR count). The van der Waals surface area contributed by atoms with Gasteiger partial charge in [0.25, 0.3) is 0 Å². The number of nitrogen functional groups attached to an aromatic ring is 2. The molecule has 4 heteroatoms. The predicted octanol–water partition coefficient (Wildman–Crippen LogP) is 2.02. The van der Waals surface area contributed by atoms with Crippen LogP contribution in [0.3, 0.4) is 0 Å². The van der Waals surface area contributed by atoms with Crippen molar-refractivity contribution in [2.45, 2.75) is 32.1 Å². The molecule has 0 bridgehead atoms. The molecular formula is C13H20N4. The second-order valence-electron chi connectivity index (χ2n) is 5.47. The van der Waals surface area contributed by atoms with Crippen molar-refractivity contribution in [1.82, 2.24) is 4.98 Å². The summed E-state index contributed by atoms with van der Waals surface area (Å²) in [5.74, 6) is 0.450. The normalized spacial score (nSPS) is 22.5. The van der Waals surface area contributed by atoms with Crippen molar-refractivity contribution in [3.8, 4) is 0 Å². The van der Waals surface area contributed by atoms with Crippen LogP contribution in [0, 0.1) is 5.41 Å². The summed E-state index contributed by atoms with van der Waals surface area (Å²) >= 11 is 0. The maximum absolute atomic E-state index is 6.00. The number of pyridine rings is 1. The topological polar surface area (TPSA) is 68.2 Å². The van der Waals surface area contributed by atoms with E-state index in [2.05, 4.69) is 9.88 Å². The highest BCUT2D eigenvalue weighted by Gasteiger charge is 2.39. The third-order valence-electron chi connectivity index (χ3n) is 4.58. The number of rotatable bonds is 1. The van der Waals surface area contributed by atoms with E-state index < -0.39 is 0 Å². The van der Waals surface area contributed by atoms with E-state index in [9.17, 15) is 0 Å². The zero-order valence-corrected chi connectivity index (χ0v) is 10.2. The highest BCUT2D eigenvalue weighted by molar-refractivity contribution is 5.76. The van der Waals surface area contributed by atoms with Gasteiger partial charge in [0.2, 0.25) is 0 Å². The summed E-state index contributed by atoms with van der Waals surface area (Å²) in [6.07, 6.45) is 8.62. The monoisotopic (exact) mass is 232 g/mol. The number of nitrogens with zero attached hydrogens (tertiary/aromatic N) is 2. The molecule has 0 aromatic carbocycles. The number of nitrogens with two attached hydrogens (primary N) is 2. The smallest absolute Gasteiger partial charge is 0.148 e. The molecule has 0 unspecified atom stereocenters. The maximum Gasteiger partial charge on any atom is 0.148 e. The van der Waals surface area contributed by atoms with Gasteiger partial charge in [0, 0.05) is 19.3 Å². The Kier molecular flexibility index (Phi) is 2.38. The average Bonchev–Trinajstić information content (AvgIpc) is 2.31. The van der Waals surface area contributed by atoms with E-state index in [0.717, 1.165) is 18.8 Å². The third kappa shape index (κ3) is 1.72. The van der Waals surface area contributed by atoms with Crippen LogP contribution in [0.4, 0.5) is 17.2 Å². The summed E-state index contributed by atoms with van der Waals surface area (Å²) in [6.45, 7) is 2.21. The fourth-order valence-electron chi connectivity index (χ4n) is 3.15. The lowest BCUT2D eigenvalue weighted by atomic mass is 9.63. The molecule has 1 saturated carbocycles. The molecule has 2 heterocycles. The highest BCUT2D eigenvalue weighted by Crippen LogP contribution is 2.49. The summed E-state index contributed by atoms with van der Waals surface area (Å²) in [4.78, 5) is 6.37. The number of hydrogen-bond donors (Lipinski definition) is 2. The van der Waals surface area contributed by atoms with E-state index in [1.807, 2.05) is 6.07 Å². The second kappa shape index (κ2) is 3.79. The Bertz CT molecular complexity index is 415. The van der Waals surface area contributed by atoms with Gasteiger partial charge in [-0.1, -0.05) is 6.42 Å². The Morgan fingerprint density at radius 3 is 2.41 bits per heavy atom. The quantitative estimate of drug-likeness (QED) is 0.777. The Balaban J connectivity index is 1.75. The standard InChI is InChI=1S/C13H20N4/c14-11-10(2-7-16-12(11)15)17-8-5-13(6-9-17)3-1-4-13/h2,7H,1,3-6,8-9,14H2,(H2,15,16). The molecule has 1 aromatic heterocycles. The molecule has 1 aromatic rings. The molecule has 0 amide bonds. The van der Waals surface area contributed by atoms with Gasteiger partial charge in [-0.25, -0.2) is 4.98 Å². The molecule has 4 N–H and O–H groups in total. The average molecular weight is 232 g/mol. The molecule has 2 aliphatic rings. The number of hydrogen-bond acceptors (Lipinski definition) is 4. The number of aromatic nitrogens is 1. The van der Waals surface area contributed by atoms with Crippen molar-refractivity contribution in [2.24, 2.45) is 5.41 Å². The van der Waals surface area contributed by atoms with Crippen LogP contribution in [0.25, 0.3) is 0 Å². The zero-order chi connectivity index (χ0) is 11.9. The van der Waals surface area contributed by atoms with Gasteiger partial charge in [-0.15, -0.1) is 0 Å². The molecule has 4 nitrogen and oxygen atoms in total. The van der Waals surface area contributed by atoms with Gasteiger partial charge < -0.3 is 16.4 Å². The molecule has 92 valence electrons. The lowest BCUT2D eigenvalue weighted by Crippen LogP contribution is -2.43. The van der Waals surface area contributed by atoms with Crippen LogP contribution in [0.15, 0.2) is 12.3 Å². The Morgan fingerprint density at radius 2 is 1.82 bits per heavy atom. The number of anilines is 3. The fourth-order valence-corrected chi connectivity index (χ4v) is 3.15. The first kappa shape index (κ1) is 10.7. The van der Waals surface area contributed by atoms with Crippen molar-refractivity contribution < 1.29 is 0 Å². The third-order valence-corrected chi connectivity index (χ3v) is 4.58. The molecule has 17 heavy (non-hydrogen) atoms. The largest absolute Gasteiger partial charge is 0.394 e. The van der Waals surface area contributed by atoms with Crippen LogP contribution < -0.4 is 16.4 Å². The van der Waals surface area contributed by atoms with Crippen molar-refractivity contribution in [2.75, 3.05) is 29.5 Å². The van der Waals surface area contributed by atoms with Gasteiger partial charge in [0.1, 0.15) is 5.82 Å². The minimum atomic E-state index is 0.450. The molecule has 0 atom stereocenters. The van der Waals surface area contributed by atoms with Gasteiger partial charge in [-0.3, -0.25) is 0 Å². The first-order chi connectivity index (χ1) is 8.20. The Morgan fingerprint density at radius 1 is 1.12 bits per heavy atom. The molecule has 1 aliphatic heterocycles. The van der Waals surface area contributed by atoms with E-state index in [1.165, 1.54) is 32.1 Å². The first-order valence-corrected chi connectivity index (χ1v) is 6.45. The second-order valence-corrected chi connectivity index (χ2v) is 5.47. The van der Waals surface area contributed by atoms with E-state index in [1.54, 1.807) is 6.20 Å². The Hall–Kier alpha value is -1.45. The van der Waals surface area contributed by atoms with Gasteiger partial charge in [-0.05, 0) is 37.2 Å². The van der Waals surface area contributed by atoms with Crippen LogP contribution in [-0.2, 0) is 0 Å². The predicted molar refractivity (Wildman–Crippen MR) is 70.8 cm³/mol. The van der Waals surface area contributed by atoms with Crippen LogP contribution in [0.2, 0.25) is 0 Å². The molecule has 2 fully saturated rings. The minimum absolute atomic E-state index is 0.450. The van der Waals surface area contributed by atoms with Gasteiger partial charge in [-0.2, -0.15) is 0 Å². The van der Waals surface area contributed by atoms with E-state index in [-0.39, 0.29) is 0 Å². The summed E-state index contributed by atoms with van der Waals surface area (Å²) in [7, 11) is 0. The maximum atomic E-state index is 6.00. The van der Waals surface area contributed by atoms with Gasteiger partial charge in [0.05, 0.1) is 11.4 Å². The van der Waals surface area contributed by atoms with Crippen molar-refractivity contribution >= 4 is 17.2 Å². The van der Waals surface area contributed by atoms with Crippen LogP contribution in [0.1, 0.15) is 32.1 Å². The zero-order valence-electron chi connectivity index (χ0n) is 10.2. The van der Waals surface area contributed by atoms with Crippen LogP contribution >= 0.6 is 0 Å². The first-order valence-electron chi connectivity index (χ1n) is 6.45. The lowest BCUT2D eigenvalue weighted by molar-refractivity contribution is 0.0955. The molecular weight excluding hydrogens is 212 g/mol. The molecule has 1 saturated heterocycles. The summed E-state index contributed by atoms with van der Waals surface area (Å²) in [5, 5.41) is 0. The van der Waals surface area contributed by atoms with E-state index in [4.69, 9.17) is 11.5 Å². The fraction of sp³-hybridized carbons (Fsp3) is 0.615. The van der Waals surface area contributed by atoms with Gasteiger partial charge >= 0.3 is 0 Å². The van der Waals surface area contributed by atoms with Crippen molar-refractivity contribution in [3.05, 3.63) is 12.3 Å². The molecule has 0 radical (unpaired) electrons.